The fourth-order valence-corrected chi connectivity index (χ4v) is 4.65. The Morgan fingerprint density at radius 1 is 1.00 bits per heavy atom. The summed E-state index contributed by atoms with van der Waals surface area (Å²) in [5, 5.41) is 0.748. The maximum Gasteiger partial charge on any atom is 0.0338 e. The zero-order valence-electron chi connectivity index (χ0n) is 7.89. The van der Waals surface area contributed by atoms with Gasteiger partial charge in [-0.15, -0.1) is 11.8 Å². The van der Waals surface area contributed by atoms with Gasteiger partial charge in [0.05, 0.1) is 0 Å². The van der Waals surface area contributed by atoms with E-state index in [1.165, 1.54) is 4.90 Å². The van der Waals surface area contributed by atoms with Crippen molar-refractivity contribution < 1.29 is 0 Å². The van der Waals surface area contributed by atoms with Gasteiger partial charge in [-0.2, -0.15) is 0 Å². The molecular formula is C13H12S. The zero-order chi connectivity index (χ0) is 9.28. The van der Waals surface area contributed by atoms with Crippen molar-refractivity contribution in [3.05, 3.63) is 42.5 Å². The van der Waals surface area contributed by atoms with Gasteiger partial charge in [-0.25, -0.2) is 0 Å². The van der Waals surface area contributed by atoms with Crippen LogP contribution in [0.1, 0.15) is 0 Å². The highest BCUT2D eigenvalue weighted by Crippen LogP contribution is 2.85. The van der Waals surface area contributed by atoms with Gasteiger partial charge in [-0.3, -0.25) is 0 Å². The molecule has 1 aromatic rings. The maximum absolute atomic E-state index is 4.25. The van der Waals surface area contributed by atoms with Crippen molar-refractivity contribution >= 4 is 11.8 Å². The third-order valence-electron chi connectivity index (χ3n) is 4.03. The van der Waals surface area contributed by atoms with E-state index in [-0.39, 0.29) is 0 Å². The molecule has 1 heteroatoms. The number of thioether (sulfide) groups is 1. The lowest BCUT2D eigenvalue weighted by Crippen LogP contribution is -2.00. The normalized spacial score (nSPS) is 46.3. The minimum atomic E-state index is 0.748. The number of fused-ring (bicyclic) bond motifs is 1. The molecule has 0 N–H and O–H groups in total. The second-order valence-corrected chi connectivity index (χ2v) is 5.90. The molecular weight excluding hydrogens is 188 g/mol. The monoisotopic (exact) mass is 200 g/mol. The Hall–Kier alpha value is -0.690. The van der Waals surface area contributed by atoms with E-state index in [1.807, 2.05) is 11.8 Å². The second kappa shape index (κ2) is 2.27. The van der Waals surface area contributed by atoms with E-state index in [4.69, 9.17) is 0 Å². The first-order valence-corrected chi connectivity index (χ1v) is 6.16. The lowest BCUT2D eigenvalue weighted by atomic mass is 10.2. The summed E-state index contributed by atoms with van der Waals surface area (Å²) in [7, 11) is 0. The lowest BCUT2D eigenvalue weighted by molar-refractivity contribution is 0.665. The summed E-state index contributed by atoms with van der Waals surface area (Å²) in [5.41, 5.74) is 1.54. The van der Waals surface area contributed by atoms with Gasteiger partial charge in [0, 0.05) is 10.1 Å². The van der Waals surface area contributed by atoms with Crippen molar-refractivity contribution in [3.63, 3.8) is 0 Å². The van der Waals surface area contributed by atoms with E-state index in [0.717, 1.165) is 28.9 Å². The Morgan fingerprint density at radius 2 is 1.71 bits per heavy atom. The molecule has 0 radical (unpaired) electrons. The summed E-state index contributed by atoms with van der Waals surface area (Å²) in [6.45, 7) is 4.25. The van der Waals surface area contributed by atoms with Crippen molar-refractivity contribution in [3.8, 4) is 0 Å². The van der Waals surface area contributed by atoms with Crippen molar-refractivity contribution in [2.24, 2.45) is 23.7 Å². The highest BCUT2D eigenvalue weighted by atomic mass is 32.2. The molecule has 0 heterocycles. The molecule has 5 atom stereocenters. The predicted octanol–water partition coefficient (Wildman–Crippen LogP) is 3.21. The standard InChI is InChI=1S/C13H12S/c1-7-9-10-11(9)12(10)13(7)14-8-5-3-2-4-6-8/h2-6,9-13H,1H2/t9?,10-,11+,12?,13-/m1/s1. The van der Waals surface area contributed by atoms with E-state index in [1.54, 1.807) is 5.57 Å². The summed E-state index contributed by atoms with van der Waals surface area (Å²) >= 11 is 2.03. The predicted molar refractivity (Wildman–Crippen MR) is 59.2 cm³/mol. The minimum absolute atomic E-state index is 0.748. The molecule has 1 aromatic carbocycles. The lowest BCUT2D eigenvalue weighted by Gasteiger charge is -2.09. The first kappa shape index (κ1) is 7.58. The minimum Gasteiger partial charge on any atom is -0.118 e. The van der Waals surface area contributed by atoms with Crippen molar-refractivity contribution in [2.45, 2.75) is 10.1 Å². The Morgan fingerprint density at radius 3 is 2.29 bits per heavy atom. The summed E-state index contributed by atoms with van der Waals surface area (Å²) in [6, 6.07) is 10.7. The van der Waals surface area contributed by atoms with Gasteiger partial charge in [-0.05, 0) is 35.8 Å². The van der Waals surface area contributed by atoms with Gasteiger partial charge in [0.15, 0.2) is 0 Å². The third-order valence-corrected chi connectivity index (χ3v) is 5.45. The number of hydrogen-bond donors (Lipinski definition) is 0. The second-order valence-electron chi connectivity index (χ2n) is 4.68. The molecule has 4 aliphatic rings. The molecule has 2 unspecified atom stereocenters. The first-order valence-electron chi connectivity index (χ1n) is 5.28. The molecule has 5 rings (SSSR count). The van der Waals surface area contributed by atoms with Crippen molar-refractivity contribution in [1.29, 1.82) is 0 Å². The highest BCUT2D eigenvalue weighted by Gasteiger charge is 2.82. The number of rotatable bonds is 2. The Kier molecular flexibility index (Phi) is 1.23. The first-order chi connectivity index (χ1) is 6.88. The topological polar surface area (TPSA) is 0 Å². The van der Waals surface area contributed by atoms with Gasteiger partial charge in [-0.1, -0.05) is 30.4 Å². The summed E-state index contributed by atoms with van der Waals surface area (Å²) in [4.78, 5) is 1.41. The van der Waals surface area contributed by atoms with E-state index in [0.29, 0.717) is 0 Å². The molecule has 4 saturated carbocycles. The van der Waals surface area contributed by atoms with Gasteiger partial charge in [0.2, 0.25) is 0 Å². The quantitative estimate of drug-likeness (QED) is 0.661. The molecule has 0 amide bonds. The molecule has 14 heavy (non-hydrogen) atoms. The van der Waals surface area contributed by atoms with Crippen molar-refractivity contribution in [1.82, 2.24) is 0 Å². The van der Waals surface area contributed by atoms with Crippen LogP contribution in [-0.2, 0) is 0 Å². The Bertz CT molecular complexity index is 399. The van der Waals surface area contributed by atoms with E-state index in [9.17, 15) is 0 Å². The molecule has 0 saturated heterocycles. The van der Waals surface area contributed by atoms with Crippen LogP contribution < -0.4 is 0 Å². The van der Waals surface area contributed by atoms with Crippen LogP contribution in [0.2, 0.25) is 0 Å². The SMILES string of the molecule is C=C1C2[C@@H]3C([C@H]23)[C@@H]1Sc1ccccc1. The van der Waals surface area contributed by atoms with Gasteiger partial charge in [0.1, 0.15) is 0 Å². The zero-order valence-corrected chi connectivity index (χ0v) is 8.71. The Labute approximate surface area is 88.4 Å². The summed E-state index contributed by atoms with van der Waals surface area (Å²) < 4.78 is 0. The largest absolute Gasteiger partial charge is 0.118 e. The molecule has 4 aliphatic carbocycles. The molecule has 0 spiro atoms. The average molecular weight is 200 g/mol. The van der Waals surface area contributed by atoms with Crippen LogP contribution >= 0.6 is 11.8 Å². The molecule has 70 valence electrons. The average Bonchev–Trinajstić information content (AvgIpc) is 3.03. The van der Waals surface area contributed by atoms with Crippen LogP contribution in [-0.4, -0.2) is 5.25 Å². The van der Waals surface area contributed by atoms with Crippen molar-refractivity contribution in [2.75, 3.05) is 0 Å². The number of hydrogen-bond acceptors (Lipinski definition) is 1. The summed E-state index contributed by atoms with van der Waals surface area (Å²) in [5.74, 6) is 4.10. The fraction of sp³-hybridized carbons (Fsp3) is 0.385. The smallest absolute Gasteiger partial charge is 0.0338 e. The van der Waals surface area contributed by atoms with Gasteiger partial charge >= 0.3 is 0 Å². The molecule has 0 nitrogen and oxygen atoms in total. The van der Waals surface area contributed by atoms with Crippen LogP contribution in [0, 0.1) is 23.7 Å². The Balaban J connectivity index is 1.59. The fourth-order valence-electron chi connectivity index (χ4n) is 3.21. The van der Waals surface area contributed by atoms with Crippen LogP contribution in [0.3, 0.4) is 0 Å². The maximum atomic E-state index is 4.25. The van der Waals surface area contributed by atoms with Crippen LogP contribution in [0.4, 0.5) is 0 Å². The van der Waals surface area contributed by atoms with Crippen LogP contribution in [0.25, 0.3) is 0 Å². The molecule has 2 bridgehead atoms. The summed E-state index contributed by atoms with van der Waals surface area (Å²) in [6.07, 6.45) is 0. The van der Waals surface area contributed by atoms with Crippen LogP contribution in [0.5, 0.6) is 0 Å². The van der Waals surface area contributed by atoms with Crippen LogP contribution in [0.15, 0.2) is 47.4 Å². The highest BCUT2D eigenvalue weighted by molar-refractivity contribution is 8.00. The van der Waals surface area contributed by atoms with Gasteiger partial charge < -0.3 is 0 Å². The van der Waals surface area contributed by atoms with E-state index < -0.39 is 0 Å². The molecule has 0 aromatic heterocycles. The van der Waals surface area contributed by atoms with E-state index in [2.05, 4.69) is 36.9 Å². The number of benzene rings is 1. The van der Waals surface area contributed by atoms with E-state index >= 15 is 0 Å². The third kappa shape index (κ3) is 0.778. The molecule has 0 aliphatic heterocycles. The van der Waals surface area contributed by atoms with Gasteiger partial charge in [0.25, 0.3) is 0 Å². The molecule has 4 fully saturated rings.